The van der Waals surface area contributed by atoms with Gasteiger partial charge in [0.15, 0.2) is 0 Å². The maximum atomic E-state index is 11.9. The van der Waals surface area contributed by atoms with Crippen LogP contribution < -0.4 is 25.4 Å². The van der Waals surface area contributed by atoms with Crippen LogP contribution in [0.1, 0.15) is 16.8 Å². The van der Waals surface area contributed by atoms with Crippen molar-refractivity contribution >= 4 is 17.8 Å². The Kier molecular flexibility index (Phi) is 6.49. The summed E-state index contributed by atoms with van der Waals surface area (Å²) in [4.78, 5) is 34.0. The van der Waals surface area contributed by atoms with Crippen molar-refractivity contribution in [3.8, 4) is 23.1 Å². The Morgan fingerprint density at radius 1 is 1.06 bits per heavy atom. The highest BCUT2D eigenvalue weighted by atomic mass is 16.5. The summed E-state index contributed by atoms with van der Waals surface area (Å²) in [6.07, 6.45) is 3.32. The Hall–Kier alpha value is -4.40. The molecule has 3 aromatic rings. The van der Waals surface area contributed by atoms with Gasteiger partial charge in [-0.2, -0.15) is 4.98 Å². The number of hydrogen-bond donors (Lipinski definition) is 2. The first kappa shape index (κ1) is 21.8. The summed E-state index contributed by atoms with van der Waals surface area (Å²) < 4.78 is 11.6. The number of aromatic nitrogens is 2. The van der Waals surface area contributed by atoms with Crippen molar-refractivity contribution in [2.75, 3.05) is 18.0 Å². The molecule has 2 aromatic carbocycles. The van der Waals surface area contributed by atoms with Gasteiger partial charge in [-0.1, -0.05) is 24.8 Å². The van der Waals surface area contributed by atoms with E-state index in [1.54, 1.807) is 24.3 Å². The van der Waals surface area contributed by atoms with Crippen LogP contribution in [0.5, 0.6) is 23.1 Å². The standard InChI is InChI=1S/C24H23N5O4/c1-2-21(30)27-16-12-13-29(15-16)24-26-14-20(22(25)31)23(28-24)33-19-10-8-18(9-11-19)32-17-6-4-3-5-7-17/h2-11,14,16H,1,12-13,15H2,(H2,25,31)(H,27,30). The van der Waals surface area contributed by atoms with Gasteiger partial charge in [0.05, 0.1) is 0 Å². The number of nitrogens with two attached hydrogens (primary N) is 1. The van der Waals surface area contributed by atoms with Gasteiger partial charge in [0, 0.05) is 25.3 Å². The van der Waals surface area contributed by atoms with Gasteiger partial charge in [-0.15, -0.1) is 0 Å². The van der Waals surface area contributed by atoms with Gasteiger partial charge in [-0.3, -0.25) is 9.59 Å². The van der Waals surface area contributed by atoms with E-state index in [0.717, 1.165) is 12.2 Å². The molecule has 3 N–H and O–H groups in total. The van der Waals surface area contributed by atoms with E-state index in [1.165, 1.54) is 12.3 Å². The number of carbonyl (C=O) groups excluding carboxylic acids is 2. The van der Waals surface area contributed by atoms with Crippen molar-refractivity contribution in [2.24, 2.45) is 5.73 Å². The van der Waals surface area contributed by atoms with Crippen molar-refractivity contribution in [2.45, 2.75) is 12.5 Å². The van der Waals surface area contributed by atoms with E-state index in [2.05, 4.69) is 21.9 Å². The zero-order valence-corrected chi connectivity index (χ0v) is 17.8. The minimum absolute atomic E-state index is 0.0450. The maximum absolute atomic E-state index is 11.9. The van der Waals surface area contributed by atoms with Gasteiger partial charge in [0.1, 0.15) is 22.8 Å². The Morgan fingerprint density at radius 3 is 2.39 bits per heavy atom. The van der Waals surface area contributed by atoms with E-state index in [4.69, 9.17) is 15.2 Å². The largest absolute Gasteiger partial charge is 0.457 e. The molecule has 168 valence electrons. The van der Waals surface area contributed by atoms with E-state index in [9.17, 15) is 9.59 Å². The topological polar surface area (TPSA) is 120 Å². The molecule has 0 spiro atoms. The van der Waals surface area contributed by atoms with E-state index < -0.39 is 5.91 Å². The number of benzene rings is 2. The summed E-state index contributed by atoms with van der Waals surface area (Å²) >= 11 is 0. The number of para-hydroxylation sites is 1. The van der Waals surface area contributed by atoms with Crippen LogP contribution in [-0.4, -0.2) is 40.9 Å². The normalized spacial score (nSPS) is 15.0. The first-order valence-corrected chi connectivity index (χ1v) is 10.4. The number of anilines is 1. The highest BCUT2D eigenvalue weighted by Gasteiger charge is 2.26. The van der Waals surface area contributed by atoms with Crippen LogP contribution in [0.4, 0.5) is 5.95 Å². The molecule has 2 heterocycles. The fraction of sp³-hybridized carbons (Fsp3) is 0.167. The predicted molar refractivity (Wildman–Crippen MR) is 123 cm³/mol. The molecule has 4 rings (SSSR count). The van der Waals surface area contributed by atoms with Crippen molar-refractivity contribution in [1.29, 1.82) is 0 Å². The third-order valence-electron chi connectivity index (χ3n) is 5.03. The van der Waals surface area contributed by atoms with Crippen LogP contribution in [-0.2, 0) is 4.79 Å². The number of hydrogen-bond acceptors (Lipinski definition) is 7. The van der Waals surface area contributed by atoms with Gasteiger partial charge in [-0.25, -0.2) is 4.98 Å². The maximum Gasteiger partial charge on any atom is 0.255 e. The molecule has 1 unspecified atom stereocenters. The summed E-state index contributed by atoms with van der Waals surface area (Å²) in [5, 5.41) is 2.86. The third kappa shape index (κ3) is 5.45. The summed E-state index contributed by atoms with van der Waals surface area (Å²) in [7, 11) is 0. The third-order valence-corrected chi connectivity index (χ3v) is 5.03. The number of amides is 2. The molecule has 0 bridgehead atoms. The molecule has 1 atom stereocenters. The van der Waals surface area contributed by atoms with Crippen LogP contribution in [0.2, 0.25) is 0 Å². The van der Waals surface area contributed by atoms with Crippen LogP contribution in [0.25, 0.3) is 0 Å². The van der Waals surface area contributed by atoms with Crippen molar-refractivity contribution < 1.29 is 19.1 Å². The first-order chi connectivity index (χ1) is 16.0. The number of ether oxygens (including phenoxy) is 2. The number of rotatable bonds is 8. The minimum atomic E-state index is -0.696. The summed E-state index contributed by atoms with van der Waals surface area (Å²) in [6.45, 7) is 4.64. The van der Waals surface area contributed by atoms with Crippen molar-refractivity contribution in [1.82, 2.24) is 15.3 Å². The molecule has 1 aliphatic rings. The fourth-order valence-electron chi connectivity index (χ4n) is 3.39. The average molecular weight is 445 g/mol. The quantitative estimate of drug-likeness (QED) is 0.512. The number of nitrogens with zero attached hydrogens (tertiary/aromatic N) is 3. The smallest absolute Gasteiger partial charge is 0.255 e. The SMILES string of the molecule is C=CC(=O)NC1CCN(c2ncc(C(N)=O)c(Oc3ccc(Oc4ccccc4)cc3)n2)C1. The van der Waals surface area contributed by atoms with E-state index in [0.29, 0.717) is 30.5 Å². The van der Waals surface area contributed by atoms with Crippen molar-refractivity contribution in [3.05, 3.63) is 79.0 Å². The second-order valence-corrected chi connectivity index (χ2v) is 7.39. The van der Waals surface area contributed by atoms with E-state index >= 15 is 0 Å². The lowest BCUT2D eigenvalue weighted by molar-refractivity contribution is -0.117. The molecule has 0 radical (unpaired) electrons. The molecule has 1 fully saturated rings. The zero-order valence-electron chi connectivity index (χ0n) is 17.8. The van der Waals surface area contributed by atoms with Gasteiger partial charge in [0.25, 0.3) is 5.91 Å². The highest BCUT2D eigenvalue weighted by molar-refractivity contribution is 5.95. The molecule has 9 heteroatoms. The first-order valence-electron chi connectivity index (χ1n) is 10.4. The second kappa shape index (κ2) is 9.82. The van der Waals surface area contributed by atoms with E-state index in [1.807, 2.05) is 35.2 Å². The lowest BCUT2D eigenvalue weighted by atomic mass is 10.2. The fourth-order valence-corrected chi connectivity index (χ4v) is 3.39. The van der Waals surface area contributed by atoms with Crippen molar-refractivity contribution in [3.63, 3.8) is 0 Å². The number of carbonyl (C=O) groups is 2. The van der Waals surface area contributed by atoms with Gasteiger partial charge in [0.2, 0.25) is 17.7 Å². The van der Waals surface area contributed by atoms with Crippen LogP contribution in [0, 0.1) is 0 Å². The molecular weight excluding hydrogens is 422 g/mol. The predicted octanol–water partition coefficient (Wildman–Crippen LogP) is 3.04. The summed E-state index contributed by atoms with van der Waals surface area (Å²) in [6, 6.07) is 16.3. The monoisotopic (exact) mass is 445 g/mol. The average Bonchev–Trinajstić information content (AvgIpc) is 3.29. The molecule has 0 saturated carbocycles. The molecule has 9 nitrogen and oxygen atoms in total. The van der Waals surface area contributed by atoms with Gasteiger partial charge < -0.3 is 25.4 Å². The summed E-state index contributed by atoms with van der Waals surface area (Å²) in [5.74, 6) is 1.33. The van der Waals surface area contributed by atoms with Crippen LogP contribution in [0.3, 0.4) is 0 Å². The molecule has 1 aromatic heterocycles. The summed E-state index contributed by atoms with van der Waals surface area (Å²) in [5.41, 5.74) is 5.55. The molecular formula is C24H23N5O4. The molecule has 0 aliphatic carbocycles. The van der Waals surface area contributed by atoms with Gasteiger partial charge in [-0.05, 0) is 48.9 Å². The zero-order chi connectivity index (χ0) is 23.2. The van der Waals surface area contributed by atoms with Crippen LogP contribution >= 0.6 is 0 Å². The minimum Gasteiger partial charge on any atom is -0.457 e. The second-order valence-electron chi connectivity index (χ2n) is 7.39. The Labute approximate surface area is 190 Å². The number of primary amides is 1. The Morgan fingerprint density at radius 2 is 1.73 bits per heavy atom. The Balaban J connectivity index is 1.49. The highest BCUT2D eigenvalue weighted by Crippen LogP contribution is 2.29. The molecule has 2 amide bonds. The van der Waals surface area contributed by atoms with E-state index in [-0.39, 0.29) is 23.4 Å². The molecule has 33 heavy (non-hydrogen) atoms. The molecule has 1 saturated heterocycles. The lowest BCUT2D eigenvalue weighted by Gasteiger charge is -2.18. The number of nitrogens with one attached hydrogen (secondary N) is 1. The molecule has 1 aliphatic heterocycles. The Bertz CT molecular complexity index is 1150. The van der Waals surface area contributed by atoms with Crippen LogP contribution in [0.15, 0.2) is 73.4 Å². The van der Waals surface area contributed by atoms with Gasteiger partial charge >= 0.3 is 0 Å². The lowest BCUT2D eigenvalue weighted by Crippen LogP contribution is -2.36.